The zero-order chi connectivity index (χ0) is 24.5. The number of nitrogens with one attached hydrogen (secondary N) is 1. The zero-order valence-corrected chi connectivity index (χ0v) is 19.3. The van der Waals surface area contributed by atoms with Gasteiger partial charge in [-0.05, 0) is 62.1 Å². The number of rotatable bonds is 6. The van der Waals surface area contributed by atoms with E-state index in [0.29, 0.717) is 18.7 Å². The molecule has 7 heteroatoms. The zero-order valence-electron chi connectivity index (χ0n) is 19.3. The van der Waals surface area contributed by atoms with E-state index in [1.807, 2.05) is 63.2 Å². The van der Waals surface area contributed by atoms with Crippen molar-refractivity contribution in [3.05, 3.63) is 100 Å². The average Bonchev–Trinajstić information content (AvgIpc) is 3.19. The van der Waals surface area contributed by atoms with Gasteiger partial charge < -0.3 is 5.32 Å². The molecular formula is C27H26F3N3O. The maximum absolute atomic E-state index is 13.3. The van der Waals surface area contributed by atoms with E-state index >= 15 is 0 Å². The van der Waals surface area contributed by atoms with Crippen molar-refractivity contribution in [3.63, 3.8) is 0 Å². The molecule has 0 aliphatic rings. The van der Waals surface area contributed by atoms with E-state index in [1.54, 1.807) is 4.68 Å². The second-order valence-electron chi connectivity index (χ2n) is 8.45. The van der Waals surface area contributed by atoms with Gasteiger partial charge in [0.2, 0.25) is 0 Å². The molecule has 4 aromatic rings. The minimum Gasteiger partial charge on any atom is -0.344 e. The van der Waals surface area contributed by atoms with Crippen LogP contribution in [0.3, 0.4) is 0 Å². The number of benzene rings is 3. The number of carbonyl (C=O) groups excluding carboxylic acids is 1. The number of nitrogens with zero attached hydrogens (tertiary/aromatic N) is 2. The smallest absolute Gasteiger partial charge is 0.344 e. The molecule has 0 radical (unpaired) electrons. The van der Waals surface area contributed by atoms with Crippen molar-refractivity contribution in [2.75, 3.05) is 0 Å². The van der Waals surface area contributed by atoms with Crippen LogP contribution in [0.4, 0.5) is 13.2 Å². The summed E-state index contributed by atoms with van der Waals surface area (Å²) in [6.45, 7) is 6.46. The molecule has 0 spiro atoms. The number of halogens is 3. The molecule has 3 aromatic carbocycles. The van der Waals surface area contributed by atoms with Crippen molar-refractivity contribution >= 4 is 16.8 Å². The first-order valence-electron chi connectivity index (χ1n) is 11.2. The number of alkyl halides is 3. The van der Waals surface area contributed by atoms with Crippen LogP contribution in [0.25, 0.3) is 10.9 Å². The van der Waals surface area contributed by atoms with Gasteiger partial charge in [-0.25, -0.2) is 0 Å². The van der Waals surface area contributed by atoms with Gasteiger partial charge in [-0.2, -0.15) is 18.3 Å². The molecular weight excluding hydrogens is 439 g/mol. The lowest BCUT2D eigenvalue weighted by Crippen LogP contribution is -2.27. The van der Waals surface area contributed by atoms with Gasteiger partial charge >= 0.3 is 6.18 Å². The highest BCUT2D eigenvalue weighted by Crippen LogP contribution is 2.30. The highest BCUT2D eigenvalue weighted by Gasteiger charge is 2.30. The van der Waals surface area contributed by atoms with Gasteiger partial charge in [0.25, 0.3) is 5.91 Å². The Morgan fingerprint density at radius 2 is 1.71 bits per heavy atom. The Morgan fingerprint density at radius 3 is 2.32 bits per heavy atom. The summed E-state index contributed by atoms with van der Waals surface area (Å²) in [5.74, 6) is -0.287. The Hall–Kier alpha value is -3.61. The van der Waals surface area contributed by atoms with E-state index in [9.17, 15) is 18.0 Å². The molecule has 4 nitrogen and oxygen atoms in total. The average molecular weight is 466 g/mol. The third-order valence-corrected chi connectivity index (χ3v) is 5.98. The Morgan fingerprint density at radius 1 is 1.03 bits per heavy atom. The summed E-state index contributed by atoms with van der Waals surface area (Å²) in [4.78, 5) is 13.3. The van der Waals surface area contributed by atoms with Crippen LogP contribution in [0.1, 0.15) is 58.2 Å². The first kappa shape index (κ1) is 23.5. The van der Waals surface area contributed by atoms with Crippen molar-refractivity contribution in [3.8, 4) is 0 Å². The lowest BCUT2D eigenvalue weighted by Gasteiger charge is -2.14. The van der Waals surface area contributed by atoms with Gasteiger partial charge in [0.05, 0.1) is 17.1 Å². The molecule has 0 aliphatic carbocycles. The molecule has 1 aromatic heterocycles. The molecule has 1 N–H and O–H groups in total. The molecule has 0 saturated heterocycles. The van der Waals surface area contributed by atoms with Crippen LogP contribution in [0.15, 0.2) is 66.7 Å². The molecule has 0 bridgehead atoms. The first-order chi connectivity index (χ1) is 16.2. The van der Waals surface area contributed by atoms with Crippen LogP contribution >= 0.6 is 0 Å². The SMILES string of the molecule is CCn1nc(C(=O)N[C@@H](C)c2ccc(C)cc2)c2c(Cc3ccc(C(F)(F)F)cc3)cccc21. The van der Waals surface area contributed by atoms with Gasteiger partial charge in [0, 0.05) is 11.9 Å². The second-order valence-corrected chi connectivity index (χ2v) is 8.45. The Labute approximate surface area is 196 Å². The fraction of sp³-hybridized carbons (Fsp3) is 0.259. The molecule has 0 saturated carbocycles. The predicted octanol–water partition coefficient (Wildman–Crippen LogP) is 6.47. The normalized spacial score (nSPS) is 12.6. The minimum absolute atomic E-state index is 0.211. The predicted molar refractivity (Wildman–Crippen MR) is 127 cm³/mol. The van der Waals surface area contributed by atoms with Crippen LogP contribution in [-0.2, 0) is 19.1 Å². The highest BCUT2D eigenvalue weighted by molar-refractivity contribution is 6.06. The van der Waals surface area contributed by atoms with Gasteiger partial charge in [0.15, 0.2) is 5.69 Å². The quantitative estimate of drug-likeness (QED) is 0.355. The van der Waals surface area contributed by atoms with E-state index in [1.165, 1.54) is 12.1 Å². The van der Waals surface area contributed by atoms with Crippen molar-refractivity contribution in [1.82, 2.24) is 15.1 Å². The number of aromatic nitrogens is 2. The maximum atomic E-state index is 13.3. The number of amides is 1. The molecule has 0 fully saturated rings. The van der Waals surface area contributed by atoms with Crippen molar-refractivity contribution < 1.29 is 18.0 Å². The molecule has 1 amide bonds. The van der Waals surface area contributed by atoms with Crippen molar-refractivity contribution in [1.29, 1.82) is 0 Å². The Balaban J connectivity index is 1.67. The third-order valence-electron chi connectivity index (χ3n) is 5.98. The molecule has 4 rings (SSSR count). The highest BCUT2D eigenvalue weighted by atomic mass is 19.4. The van der Waals surface area contributed by atoms with E-state index in [2.05, 4.69) is 10.4 Å². The van der Waals surface area contributed by atoms with E-state index in [-0.39, 0.29) is 11.9 Å². The number of aryl methyl sites for hydroxylation is 2. The van der Waals surface area contributed by atoms with Gasteiger partial charge in [-0.15, -0.1) is 0 Å². The van der Waals surface area contributed by atoms with Crippen molar-refractivity contribution in [2.24, 2.45) is 0 Å². The van der Waals surface area contributed by atoms with Gasteiger partial charge in [-0.3, -0.25) is 9.48 Å². The van der Waals surface area contributed by atoms with E-state index in [4.69, 9.17) is 0 Å². The fourth-order valence-corrected chi connectivity index (χ4v) is 4.08. The molecule has 1 heterocycles. The van der Waals surface area contributed by atoms with Crippen molar-refractivity contribution in [2.45, 2.75) is 46.0 Å². The number of carbonyl (C=O) groups is 1. The standard InChI is InChI=1S/C27H26F3N3O/c1-4-33-23-7-5-6-21(16-19-10-14-22(15-11-19)27(28,29)30)24(23)25(32-33)26(34)31-18(3)20-12-8-17(2)9-13-20/h5-15,18H,4,16H2,1-3H3,(H,31,34)/t18-/m0/s1. The molecule has 1 atom stereocenters. The summed E-state index contributed by atoms with van der Waals surface area (Å²) in [7, 11) is 0. The number of hydrogen-bond acceptors (Lipinski definition) is 2. The summed E-state index contributed by atoms with van der Waals surface area (Å²) in [5, 5.41) is 8.33. The second kappa shape index (κ2) is 9.33. The monoisotopic (exact) mass is 465 g/mol. The van der Waals surface area contributed by atoms with Gasteiger partial charge in [0.1, 0.15) is 0 Å². The Bertz CT molecular complexity index is 1310. The summed E-state index contributed by atoms with van der Waals surface area (Å²) in [6.07, 6.45) is -3.99. The summed E-state index contributed by atoms with van der Waals surface area (Å²) < 4.78 is 40.6. The lowest BCUT2D eigenvalue weighted by atomic mass is 9.98. The Kier molecular flexibility index (Phi) is 6.46. The third kappa shape index (κ3) is 4.83. The van der Waals surface area contributed by atoms with E-state index < -0.39 is 11.7 Å². The van der Waals surface area contributed by atoms with Crippen LogP contribution < -0.4 is 5.32 Å². The van der Waals surface area contributed by atoms with Crippen LogP contribution in [0.5, 0.6) is 0 Å². The van der Waals surface area contributed by atoms with Crippen LogP contribution in [-0.4, -0.2) is 15.7 Å². The largest absolute Gasteiger partial charge is 0.416 e. The summed E-state index contributed by atoms with van der Waals surface area (Å²) >= 11 is 0. The summed E-state index contributed by atoms with van der Waals surface area (Å²) in [6, 6.07) is 18.6. The maximum Gasteiger partial charge on any atom is 0.416 e. The molecule has 34 heavy (non-hydrogen) atoms. The van der Waals surface area contributed by atoms with Gasteiger partial charge in [-0.1, -0.05) is 54.1 Å². The molecule has 176 valence electrons. The van der Waals surface area contributed by atoms with E-state index in [0.717, 1.165) is 45.3 Å². The topological polar surface area (TPSA) is 46.9 Å². The minimum atomic E-state index is -4.37. The first-order valence-corrected chi connectivity index (χ1v) is 11.2. The lowest BCUT2D eigenvalue weighted by molar-refractivity contribution is -0.137. The number of hydrogen-bond donors (Lipinski definition) is 1. The molecule has 0 unspecified atom stereocenters. The molecule has 0 aliphatic heterocycles. The van der Waals surface area contributed by atoms with Crippen LogP contribution in [0.2, 0.25) is 0 Å². The van der Waals surface area contributed by atoms with Crippen LogP contribution in [0, 0.1) is 6.92 Å². The number of fused-ring (bicyclic) bond motifs is 1. The summed E-state index contributed by atoms with van der Waals surface area (Å²) in [5.41, 5.74) is 4.15. The fourth-order valence-electron chi connectivity index (χ4n) is 4.08.